The van der Waals surface area contributed by atoms with Gasteiger partial charge in [0.1, 0.15) is 10.9 Å². The van der Waals surface area contributed by atoms with Crippen molar-refractivity contribution in [2.45, 2.75) is 44.2 Å². The molecule has 2 aliphatic rings. The van der Waals surface area contributed by atoms with Crippen LogP contribution in [-0.4, -0.2) is 41.1 Å². The van der Waals surface area contributed by atoms with Crippen LogP contribution in [0.15, 0.2) is 28.2 Å². The zero-order valence-electron chi connectivity index (χ0n) is 14.2. The lowest BCUT2D eigenvalue weighted by Gasteiger charge is -2.14. The Kier molecular flexibility index (Phi) is 4.79. The number of halogens is 1. The van der Waals surface area contributed by atoms with Crippen LogP contribution in [0.2, 0.25) is 0 Å². The van der Waals surface area contributed by atoms with Crippen molar-refractivity contribution in [3.8, 4) is 0 Å². The second-order valence-corrected chi connectivity index (χ2v) is 7.87. The molecule has 4 nitrogen and oxygen atoms in total. The summed E-state index contributed by atoms with van der Waals surface area (Å²) in [7, 11) is 0. The number of nitrogens with one attached hydrogen (secondary N) is 2. The van der Waals surface area contributed by atoms with E-state index < -0.39 is 0 Å². The molecule has 1 saturated carbocycles. The van der Waals surface area contributed by atoms with Crippen molar-refractivity contribution in [3.63, 3.8) is 0 Å². The Morgan fingerprint density at radius 2 is 2.16 bits per heavy atom. The number of aliphatic imine (C=N–C) groups is 2. The SMILES string of the molecule is C=NCC[C@@H]1CSC(c2cc3cc(F)cc(NC4CCCC4)c3[nH]2)=N1. The number of benzene rings is 1. The summed E-state index contributed by atoms with van der Waals surface area (Å²) in [6, 6.07) is 5.95. The van der Waals surface area contributed by atoms with E-state index in [0.717, 1.165) is 58.9 Å². The molecule has 0 bridgehead atoms. The van der Waals surface area contributed by atoms with Gasteiger partial charge in [0.05, 0.1) is 22.9 Å². The van der Waals surface area contributed by atoms with Gasteiger partial charge in [0, 0.05) is 23.7 Å². The molecule has 1 atom stereocenters. The molecule has 132 valence electrons. The third-order valence-corrected chi connectivity index (χ3v) is 6.12. The summed E-state index contributed by atoms with van der Waals surface area (Å²) in [5.74, 6) is 0.774. The largest absolute Gasteiger partial charge is 0.381 e. The second kappa shape index (κ2) is 7.20. The quantitative estimate of drug-likeness (QED) is 0.741. The predicted molar refractivity (Wildman–Crippen MR) is 106 cm³/mol. The van der Waals surface area contributed by atoms with Crippen molar-refractivity contribution < 1.29 is 4.39 Å². The molecule has 1 aliphatic heterocycles. The first-order valence-corrected chi connectivity index (χ1v) is 9.94. The third kappa shape index (κ3) is 3.59. The van der Waals surface area contributed by atoms with Crippen LogP contribution in [0.4, 0.5) is 10.1 Å². The Hall–Kier alpha value is -1.82. The first-order valence-electron chi connectivity index (χ1n) is 8.95. The Morgan fingerprint density at radius 3 is 2.96 bits per heavy atom. The molecular formula is C19H23FN4S. The minimum atomic E-state index is -0.200. The van der Waals surface area contributed by atoms with Crippen LogP contribution in [0, 0.1) is 5.82 Å². The van der Waals surface area contributed by atoms with Gasteiger partial charge in [-0.05, 0) is 44.2 Å². The number of hydrogen-bond acceptors (Lipinski definition) is 4. The molecule has 6 heteroatoms. The van der Waals surface area contributed by atoms with Crippen LogP contribution in [0.25, 0.3) is 10.9 Å². The molecule has 1 aliphatic carbocycles. The number of nitrogens with zero attached hydrogens (tertiary/aromatic N) is 2. The van der Waals surface area contributed by atoms with Crippen LogP contribution in [0.5, 0.6) is 0 Å². The zero-order valence-corrected chi connectivity index (χ0v) is 15.0. The molecule has 4 rings (SSSR count). The predicted octanol–water partition coefficient (Wildman–Crippen LogP) is 4.61. The standard InChI is InChI=1S/C19H23FN4S/c1-21-7-6-15-11-25-19(23-15)17-9-12-8-13(20)10-16(18(12)24-17)22-14-4-2-3-5-14/h8-10,14-15,22,24H,1-7,11H2/t15-/m1/s1. The first-order chi connectivity index (χ1) is 12.2. The van der Waals surface area contributed by atoms with Gasteiger partial charge in [-0.1, -0.05) is 12.8 Å². The lowest BCUT2D eigenvalue weighted by molar-refractivity contribution is 0.629. The molecule has 1 aromatic heterocycles. The number of H-pyrrole nitrogens is 1. The fraction of sp³-hybridized carbons (Fsp3) is 0.474. The maximum atomic E-state index is 14.1. The number of thioether (sulfide) groups is 1. The average molecular weight is 358 g/mol. The summed E-state index contributed by atoms with van der Waals surface area (Å²) in [6.45, 7) is 4.28. The van der Waals surface area contributed by atoms with Gasteiger partial charge >= 0.3 is 0 Å². The third-order valence-electron chi connectivity index (χ3n) is 4.97. The molecular weight excluding hydrogens is 335 g/mol. The molecule has 25 heavy (non-hydrogen) atoms. The van der Waals surface area contributed by atoms with Crippen molar-refractivity contribution in [2.75, 3.05) is 17.6 Å². The van der Waals surface area contributed by atoms with Crippen LogP contribution >= 0.6 is 11.8 Å². The van der Waals surface area contributed by atoms with Crippen LogP contribution < -0.4 is 5.32 Å². The monoisotopic (exact) mass is 358 g/mol. The number of fused-ring (bicyclic) bond motifs is 1. The van der Waals surface area contributed by atoms with E-state index in [4.69, 9.17) is 4.99 Å². The highest BCUT2D eigenvalue weighted by molar-refractivity contribution is 8.14. The number of rotatable bonds is 6. The van der Waals surface area contributed by atoms with E-state index in [9.17, 15) is 4.39 Å². The summed E-state index contributed by atoms with van der Waals surface area (Å²) in [5.41, 5.74) is 2.82. The smallest absolute Gasteiger partial charge is 0.126 e. The highest BCUT2D eigenvalue weighted by Gasteiger charge is 2.22. The highest BCUT2D eigenvalue weighted by Crippen LogP contribution is 2.32. The Balaban J connectivity index is 1.62. The summed E-state index contributed by atoms with van der Waals surface area (Å²) >= 11 is 1.75. The van der Waals surface area contributed by atoms with E-state index >= 15 is 0 Å². The van der Waals surface area contributed by atoms with Gasteiger partial charge in [0.15, 0.2) is 0 Å². The van der Waals surface area contributed by atoms with E-state index in [-0.39, 0.29) is 5.82 Å². The second-order valence-electron chi connectivity index (χ2n) is 6.86. The van der Waals surface area contributed by atoms with E-state index in [1.807, 2.05) is 6.07 Å². The fourth-order valence-corrected chi connectivity index (χ4v) is 4.76. The summed E-state index contributed by atoms with van der Waals surface area (Å²) in [4.78, 5) is 12.2. The van der Waals surface area contributed by atoms with Gasteiger partial charge in [-0.25, -0.2) is 4.39 Å². The van der Waals surface area contributed by atoms with Crippen molar-refractivity contribution >= 4 is 40.1 Å². The van der Waals surface area contributed by atoms with E-state index in [2.05, 4.69) is 22.0 Å². The first kappa shape index (κ1) is 16.6. The maximum absolute atomic E-state index is 14.1. The average Bonchev–Trinajstić information content (AvgIpc) is 3.32. The van der Waals surface area contributed by atoms with Crippen molar-refractivity contribution in [1.82, 2.24) is 4.98 Å². The molecule has 0 spiro atoms. The van der Waals surface area contributed by atoms with Gasteiger partial charge in [-0.15, -0.1) is 11.8 Å². The van der Waals surface area contributed by atoms with E-state index in [0.29, 0.717) is 12.1 Å². The van der Waals surface area contributed by atoms with E-state index in [1.54, 1.807) is 23.9 Å². The Labute approximate surface area is 151 Å². The number of aromatic amines is 1. The van der Waals surface area contributed by atoms with Gasteiger partial charge in [-0.2, -0.15) is 0 Å². The van der Waals surface area contributed by atoms with Crippen LogP contribution in [0.1, 0.15) is 37.8 Å². The molecule has 0 radical (unpaired) electrons. The minimum Gasteiger partial charge on any atom is -0.381 e. The van der Waals surface area contributed by atoms with Gasteiger partial charge in [-0.3, -0.25) is 4.99 Å². The minimum absolute atomic E-state index is 0.200. The molecule has 2 heterocycles. The zero-order chi connectivity index (χ0) is 17.2. The van der Waals surface area contributed by atoms with Gasteiger partial charge in [0.25, 0.3) is 0 Å². The number of hydrogen-bond donors (Lipinski definition) is 2. The topological polar surface area (TPSA) is 52.5 Å². The summed E-state index contributed by atoms with van der Waals surface area (Å²) in [6.07, 6.45) is 5.75. The van der Waals surface area contributed by atoms with Gasteiger partial charge < -0.3 is 15.3 Å². The lowest BCUT2D eigenvalue weighted by atomic mass is 10.2. The Morgan fingerprint density at radius 1 is 1.32 bits per heavy atom. The molecule has 1 fully saturated rings. The molecule has 0 saturated heterocycles. The van der Waals surface area contributed by atoms with E-state index in [1.165, 1.54) is 12.8 Å². The Bertz CT molecular complexity index is 807. The molecule has 0 amide bonds. The van der Waals surface area contributed by atoms with Crippen LogP contribution in [-0.2, 0) is 0 Å². The van der Waals surface area contributed by atoms with Crippen molar-refractivity contribution in [2.24, 2.45) is 9.98 Å². The normalized spacial score (nSPS) is 21.0. The van der Waals surface area contributed by atoms with Crippen molar-refractivity contribution in [1.29, 1.82) is 0 Å². The molecule has 1 aromatic carbocycles. The molecule has 2 aromatic rings. The number of aromatic nitrogens is 1. The van der Waals surface area contributed by atoms with Crippen molar-refractivity contribution in [3.05, 3.63) is 29.7 Å². The van der Waals surface area contributed by atoms with Crippen LogP contribution in [0.3, 0.4) is 0 Å². The summed E-state index contributed by atoms with van der Waals surface area (Å²) < 4.78 is 14.1. The summed E-state index contributed by atoms with van der Waals surface area (Å²) in [5, 5.41) is 5.44. The van der Waals surface area contributed by atoms with Gasteiger partial charge in [0.2, 0.25) is 0 Å². The maximum Gasteiger partial charge on any atom is 0.126 e. The molecule has 0 unspecified atom stereocenters. The fourth-order valence-electron chi connectivity index (χ4n) is 3.68. The highest BCUT2D eigenvalue weighted by atomic mass is 32.2. The lowest BCUT2D eigenvalue weighted by Crippen LogP contribution is -2.14. The number of anilines is 1. The molecule has 2 N–H and O–H groups in total.